The Balaban J connectivity index is 0.00000144. The van der Waals surface area contributed by atoms with Crippen LogP contribution in [0.2, 0.25) is 0 Å². The van der Waals surface area contributed by atoms with Crippen molar-refractivity contribution in [2.24, 2.45) is 5.73 Å². The van der Waals surface area contributed by atoms with Gasteiger partial charge in [-0.1, -0.05) is 42.0 Å². The van der Waals surface area contributed by atoms with Gasteiger partial charge >= 0.3 is 0 Å². The first kappa shape index (κ1) is 13.8. The average Bonchev–Trinajstić information content (AvgIpc) is 2.27. The van der Waals surface area contributed by atoms with Crippen LogP contribution in [0.5, 0.6) is 0 Å². The lowest BCUT2D eigenvalue weighted by molar-refractivity contribution is 0.718. The number of nitrogens with two attached hydrogens (primary N) is 1. The minimum absolute atomic E-state index is 0. The fourth-order valence-electron chi connectivity index (χ4n) is 1.93. The van der Waals surface area contributed by atoms with E-state index in [9.17, 15) is 0 Å². The summed E-state index contributed by atoms with van der Waals surface area (Å²) in [5.41, 5.74) is 8.43. The third kappa shape index (κ3) is 3.32. The highest BCUT2D eigenvalue weighted by Gasteiger charge is 2.06. The summed E-state index contributed by atoms with van der Waals surface area (Å²) in [6.07, 6.45) is 0.846. The maximum Gasteiger partial charge on any atom is 0.0332 e. The SMILES string of the molecule is C=C(C)C[C@H](N)c1ccc2ccccc2c1.Cl. The molecule has 0 aromatic heterocycles. The molecule has 0 bridgehead atoms. The van der Waals surface area contributed by atoms with Crippen LogP contribution < -0.4 is 5.73 Å². The minimum Gasteiger partial charge on any atom is -0.324 e. The highest BCUT2D eigenvalue weighted by atomic mass is 35.5. The number of rotatable bonds is 3. The molecule has 0 amide bonds. The fourth-order valence-corrected chi connectivity index (χ4v) is 1.93. The van der Waals surface area contributed by atoms with Crippen LogP contribution in [0, 0.1) is 0 Å². The largest absolute Gasteiger partial charge is 0.324 e. The molecule has 2 heteroatoms. The maximum absolute atomic E-state index is 6.13. The van der Waals surface area contributed by atoms with Crippen molar-refractivity contribution in [2.75, 3.05) is 0 Å². The molecule has 17 heavy (non-hydrogen) atoms. The molecule has 1 atom stereocenters. The molecule has 0 unspecified atom stereocenters. The summed E-state index contributed by atoms with van der Waals surface area (Å²) in [6.45, 7) is 5.92. The summed E-state index contributed by atoms with van der Waals surface area (Å²) in [5, 5.41) is 2.51. The Kier molecular flexibility index (Phi) is 4.73. The van der Waals surface area contributed by atoms with Gasteiger partial charge in [-0.05, 0) is 35.7 Å². The third-order valence-electron chi connectivity index (χ3n) is 2.77. The molecule has 2 aromatic rings. The summed E-state index contributed by atoms with van der Waals surface area (Å²) in [4.78, 5) is 0. The Labute approximate surface area is 109 Å². The third-order valence-corrected chi connectivity index (χ3v) is 2.77. The zero-order valence-corrected chi connectivity index (χ0v) is 10.8. The summed E-state index contributed by atoms with van der Waals surface area (Å²) < 4.78 is 0. The molecule has 0 fully saturated rings. The molecule has 90 valence electrons. The van der Waals surface area contributed by atoms with E-state index in [0.29, 0.717) is 0 Å². The lowest BCUT2D eigenvalue weighted by Crippen LogP contribution is -2.10. The summed E-state index contributed by atoms with van der Waals surface area (Å²) in [7, 11) is 0. The Bertz CT molecular complexity index is 519. The molecule has 0 aliphatic heterocycles. The molecule has 2 aromatic carbocycles. The van der Waals surface area contributed by atoms with E-state index in [1.807, 2.05) is 6.92 Å². The van der Waals surface area contributed by atoms with Crippen LogP contribution in [0.3, 0.4) is 0 Å². The Hall–Kier alpha value is -1.31. The van der Waals surface area contributed by atoms with Gasteiger partial charge in [0.2, 0.25) is 0 Å². The maximum atomic E-state index is 6.13. The van der Waals surface area contributed by atoms with E-state index >= 15 is 0 Å². The molecule has 0 saturated heterocycles. The zero-order chi connectivity index (χ0) is 11.5. The molecule has 0 radical (unpaired) electrons. The van der Waals surface area contributed by atoms with E-state index in [-0.39, 0.29) is 18.4 Å². The quantitative estimate of drug-likeness (QED) is 0.808. The summed E-state index contributed by atoms with van der Waals surface area (Å²) >= 11 is 0. The van der Waals surface area contributed by atoms with Crippen LogP contribution in [0.4, 0.5) is 0 Å². The van der Waals surface area contributed by atoms with Gasteiger partial charge in [0.15, 0.2) is 0 Å². The lowest BCUT2D eigenvalue weighted by atomic mass is 9.98. The van der Waals surface area contributed by atoms with Crippen LogP contribution in [0.25, 0.3) is 10.8 Å². The first-order valence-electron chi connectivity index (χ1n) is 5.55. The van der Waals surface area contributed by atoms with Crippen LogP contribution in [0.15, 0.2) is 54.6 Å². The predicted molar refractivity (Wildman–Crippen MR) is 77.6 cm³/mol. The summed E-state index contributed by atoms with van der Waals surface area (Å²) in [5.74, 6) is 0. The molecule has 0 aliphatic carbocycles. The molecule has 2 rings (SSSR count). The van der Waals surface area contributed by atoms with Gasteiger partial charge in [-0.25, -0.2) is 0 Å². The minimum atomic E-state index is 0. The van der Waals surface area contributed by atoms with E-state index in [0.717, 1.165) is 12.0 Å². The standard InChI is InChI=1S/C15H17N.ClH/c1-11(2)9-15(16)14-8-7-12-5-3-4-6-13(12)10-14;/h3-8,10,15H,1,9,16H2,2H3;1H/t15-;/m0./s1. The average molecular weight is 248 g/mol. The first-order chi connectivity index (χ1) is 7.66. The van der Waals surface area contributed by atoms with Gasteiger partial charge in [-0.2, -0.15) is 0 Å². The molecule has 0 spiro atoms. The van der Waals surface area contributed by atoms with Crippen LogP contribution in [0.1, 0.15) is 24.9 Å². The Morgan fingerprint density at radius 2 is 1.82 bits per heavy atom. The van der Waals surface area contributed by atoms with Crippen molar-refractivity contribution in [1.82, 2.24) is 0 Å². The van der Waals surface area contributed by atoms with Crippen molar-refractivity contribution in [2.45, 2.75) is 19.4 Å². The Morgan fingerprint density at radius 1 is 1.18 bits per heavy atom. The second-order valence-corrected chi connectivity index (χ2v) is 4.37. The van der Waals surface area contributed by atoms with Gasteiger partial charge in [0.05, 0.1) is 0 Å². The molecule has 0 aliphatic rings. The fraction of sp³-hybridized carbons (Fsp3) is 0.200. The van der Waals surface area contributed by atoms with Crippen LogP contribution in [-0.4, -0.2) is 0 Å². The highest BCUT2D eigenvalue weighted by molar-refractivity contribution is 5.85. The van der Waals surface area contributed by atoms with Crippen molar-refractivity contribution in [1.29, 1.82) is 0 Å². The Morgan fingerprint density at radius 3 is 2.47 bits per heavy atom. The first-order valence-corrected chi connectivity index (χ1v) is 5.55. The van der Waals surface area contributed by atoms with Crippen molar-refractivity contribution in [3.05, 3.63) is 60.2 Å². The van der Waals surface area contributed by atoms with Crippen molar-refractivity contribution < 1.29 is 0 Å². The monoisotopic (exact) mass is 247 g/mol. The van der Waals surface area contributed by atoms with E-state index in [1.165, 1.54) is 16.3 Å². The normalized spacial score (nSPS) is 11.9. The predicted octanol–water partition coefficient (Wildman–Crippen LogP) is 4.23. The van der Waals surface area contributed by atoms with Crippen LogP contribution in [-0.2, 0) is 0 Å². The molecular weight excluding hydrogens is 230 g/mol. The van der Waals surface area contributed by atoms with E-state index in [1.54, 1.807) is 0 Å². The number of hydrogen-bond donors (Lipinski definition) is 1. The van der Waals surface area contributed by atoms with Gasteiger partial charge in [-0.3, -0.25) is 0 Å². The summed E-state index contributed by atoms with van der Waals surface area (Å²) in [6, 6.07) is 14.8. The van der Waals surface area contributed by atoms with E-state index in [4.69, 9.17) is 5.73 Å². The van der Waals surface area contributed by atoms with E-state index in [2.05, 4.69) is 49.0 Å². The van der Waals surface area contributed by atoms with E-state index < -0.39 is 0 Å². The van der Waals surface area contributed by atoms with Gasteiger partial charge in [0, 0.05) is 6.04 Å². The van der Waals surface area contributed by atoms with Crippen LogP contribution >= 0.6 is 12.4 Å². The number of halogens is 1. The van der Waals surface area contributed by atoms with Gasteiger partial charge in [-0.15, -0.1) is 19.0 Å². The second kappa shape index (κ2) is 5.85. The number of fused-ring (bicyclic) bond motifs is 1. The number of hydrogen-bond acceptors (Lipinski definition) is 1. The second-order valence-electron chi connectivity index (χ2n) is 4.37. The van der Waals surface area contributed by atoms with Crippen molar-refractivity contribution in [3.8, 4) is 0 Å². The molecule has 0 heterocycles. The smallest absolute Gasteiger partial charge is 0.0332 e. The number of benzene rings is 2. The molecule has 0 saturated carbocycles. The van der Waals surface area contributed by atoms with Crippen molar-refractivity contribution in [3.63, 3.8) is 0 Å². The molecule has 1 nitrogen and oxygen atoms in total. The zero-order valence-electron chi connectivity index (χ0n) is 10.0. The topological polar surface area (TPSA) is 26.0 Å². The van der Waals surface area contributed by atoms with Gasteiger partial charge < -0.3 is 5.73 Å². The van der Waals surface area contributed by atoms with Crippen molar-refractivity contribution >= 4 is 23.2 Å². The molecule has 2 N–H and O–H groups in total. The highest BCUT2D eigenvalue weighted by Crippen LogP contribution is 2.22. The van der Waals surface area contributed by atoms with Gasteiger partial charge in [0.25, 0.3) is 0 Å². The van der Waals surface area contributed by atoms with Gasteiger partial charge in [0.1, 0.15) is 0 Å². The lowest BCUT2D eigenvalue weighted by Gasteiger charge is -2.12. The molecular formula is C15H18ClN.